The molecule has 2 aromatic carbocycles. The highest BCUT2D eigenvalue weighted by Crippen LogP contribution is 2.32. The number of aryl methyl sites for hydroxylation is 1. The molecule has 2 amide bonds. The predicted octanol–water partition coefficient (Wildman–Crippen LogP) is 3.69. The van der Waals surface area contributed by atoms with Crippen molar-refractivity contribution < 1.29 is 9.53 Å². The van der Waals surface area contributed by atoms with Gasteiger partial charge in [-0.1, -0.05) is 23.7 Å². The Morgan fingerprint density at radius 2 is 1.82 bits per heavy atom. The molecule has 0 atom stereocenters. The van der Waals surface area contributed by atoms with Crippen molar-refractivity contribution in [1.29, 1.82) is 0 Å². The van der Waals surface area contributed by atoms with E-state index in [0.29, 0.717) is 23.9 Å². The van der Waals surface area contributed by atoms with E-state index in [1.54, 1.807) is 23.0 Å². The highest BCUT2D eigenvalue weighted by molar-refractivity contribution is 6.30. The van der Waals surface area contributed by atoms with Crippen molar-refractivity contribution in [3.8, 4) is 17.0 Å². The highest BCUT2D eigenvalue weighted by atomic mass is 35.5. The Hall–Kier alpha value is -3.07. The first kappa shape index (κ1) is 24.1. The summed E-state index contributed by atoms with van der Waals surface area (Å²) in [5, 5.41) is 10.7. The number of urea groups is 1. The number of nitrogens with zero attached hydrogens (tertiary/aromatic N) is 4. The van der Waals surface area contributed by atoms with Crippen LogP contribution in [0.1, 0.15) is 5.56 Å². The first-order valence-corrected chi connectivity index (χ1v) is 11.8. The monoisotopic (exact) mass is 482 g/mol. The van der Waals surface area contributed by atoms with Crippen molar-refractivity contribution in [2.45, 2.75) is 6.54 Å². The Kier molecular flexibility index (Phi) is 8.05. The number of likely N-dealkylation sites (N-methyl/N-ethyl adjacent to an activating group) is 1. The molecule has 34 heavy (non-hydrogen) atoms. The second-order valence-corrected chi connectivity index (χ2v) is 8.91. The fourth-order valence-corrected chi connectivity index (χ4v) is 4.01. The number of halogens is 1. The standard InChI is InChI=1S/C25H31ClN6O2/c1-30-11-13-32(14-12-30)15-16-34-24-8-7-21(17-22(24)23-9-10-28-31(23)2)29-25(33)27-18-19-3-5-20(26)6-4-19/h3-10,17H,11-16,18H2,1-2H3,(H2,27,29,33). The van der Waals surface area contributed by atoms with Gasteiger partial charge in [-0.2, -0.15) is 5.10 Å². The molecule has 1 aromatic heterocycles. The normalized spacial score (nSPS) is 14.7. The molecule has 1 saturated heterocycles. The van der Waals surface area contributed by atoms with Gasteiger partial charge in [-0.25, -0.2) is 4.79 Å². The number of hydrogen-bond acceptors (Lipinski definition) is 5. The van der Waals surface area contributed by atoms with Crippen LogP contribution in [0.5, 0.6) is 5.75 Å². The Morgan fingerprint density at radius 1 is 1.06 bits per heavy atom. The van der Waals surface area contributed by atoms with E-state index in [2.05, 4.69) is 32.6 Å². The summed E-state index contributed by atoms with van der Waals surface area (Å²) in [7, 11) is 4.05. The Labute approximate surface area is 205 Å². The van der Waals surface area contributed by atoms with Crippen molar-refractivity contribution in [3.63, 3.8) is 0 Å². The van der Waals surface area contributed by atoms with E-state index < -0.39 is 0 Å². The third kappa shape index (κ3) is 6.50. The van der Waals surface area contributed by atoms with Crippen molar-refractivity contribution in [1.82, 2.24) is 24.9 Å². The van der Waals surface area contributed by atoms with Crippen molar-refractivity contribution in [2.75, 3.05) is 51.7 Å². The van der Waals surface area contributed by atoms with Crippen LogP contribution in [0.3, 0.4) is 0 Å². The van der Waals surface area contributed by atoms with E-state index in [4.69, 9.17) is 16.3 Å². The molecule has 1 aliphatic rings. The molecule has 1 fully saturated rings. The number of amides is 2. The molecule has 9 heteroatoms. The lowest BCUT2D eigenvalue weighted by atomic mass is 10.1. The van der Waals surface area contributed by atoms with Gasteiger partial charge in [0.15, 0.2) is 0 Å². The molecule has 180 valence electrons. The molecule has 3 aromatic rings. The largest absolute Gasteiger partial charge is 0.492 e. The van der Waals surface area contributed by atoms with Gasteiger partial charge in [0.2, 0.25) is 0 Å². The minimum absolute atomic E-state index is 0.283. The maximum Gasteiger partial charge on any atom is 0.319 e. The van der Waals surface area contributed by atoms with Gasteiger partial charge in [-0.3, -0.25) is 9.58 Å². The summed E-state index contributed by atoms with van der Waals surface area (Å²) in [5.74, 6) is 0.768. The van der Waals surface area contributed by atoms with Crippen molar-refractivity contribution in [2.24, 2.45) is 7.05 Å². The summed E-state index contributed by atoms with van der Waals surface area (Å²) in [6, 6.07) is 14.7. The lowest BCUT2D eigenvalue weighted by Crippen LogP contribution is -2.45. The van der Waals surface area contributed by atoms with E-state index >= 15 is 0 Å². The molecule has 8 nitrogen and oxygen atoms in total. The minimum Gasteiger partial charge on any atom is -0.492 e. The van der Waals surface area contributed by atoms with E-state index in [1.807, 2.05) is 43.4 Å². The molecular weight excluding hydrogens is 452 g/mol. The van der Waals surface area contributed by atoms with Gasteiger partial charge in [0.05, 0.1) is 5.69 Å². The molecule has 2 heterocycles. The number of benzene rings is 2. The van der Waals surface area contributed by atoms with Crippen LogP contribution in [-0.4, -0.2) is 72.0 Å². The third-order valence-electron chi connectivity index (χ3n) is 5.96. The number of ether oxygens (including phenoxy) is 1. The lowest BCUT2D eigenvalue weighted by Gasteiger charge is -2.32. The number of rotatable bonds is 8. The van der Waals surface area contributed by atoms with Gasteiger partial charge in [0, 0.05) is 68.8 Å². The molecular formula is C25H31ClN6O2. The fraction of sp³-hybridized carbons (Fsp3) is 0.360. The van der Waals surface area contributed by atoms with Gasteiger partial charge in [0.25, 0.3) is 0 Å². The molecule has 4 rings (SSSR count). The fourth-order valence-electron chi connectivity index (χ4n) is 3.89. The number of nitrogens with one attached hydrogen (secondary N) is 2. The second kappa shape index (κ2) is 11.4. The molecule has 0 radical (unpaired) electrons. The van der Waals surface area contributed by atoms with Crippen LogP contribution in [0.4, 0.5) is 10.5 Å². The van der Waals surface area contributed by atoms with Crippen LogP contribution in [0.2, 0.25) is 5.02 Å². The number of aromatic nitrogens is 2. The first-order chi connectivity index (χ1) is 16.5. The van der Waals surface area contributed by atoms with Gasteiger partial charge < -0.3 is 20.3 Å². The zero-order chi connectivity index (χ0) is 23.9. The average Bonchev–Trinajstić information content (AvgIpc) is 3.26. The van der Waals surface area contributed by atoms with Crippen molar-refractivity contribution in [3.05, 3.63) is 65.3 Å². The molecule has 2 N–H and O–H groups in total. The van der Waals surface area contributed by atoms with E-state index in [1.165, 1.54) is 0 Å². The summed E-state index contributed by atoms with van der Waals surface area (Å²) in [4.78, 5) is 17.2. The van der Waals surface area contributed by atoms with Crippen LogP contribution in [-0.2, 0) is 13.6 Å². The molecule has 0 unspecified atom stereocenters. The Morgan fingerprint density at radius 3 is 2.53 bits per heavy atom. The highest BCUT2D eigenvalue weighted by Gasteiger charge is 2.15. The third-order valence-corrected chi connectivity index (χ3v) is 6.21. The Bertz CT molecular complexity index is 1090. The van der Waals surface area contributed by atoms with E-state index in [0.717, 1.165) is 55.3 Å². The molecule has 0 spiro atoms. The summed E-state index contributed by atoms with van der Waals surface area (Å²) >= 11 is 5.92. The number of anilines is 1. The quantitative estimate of drug-likeness (QED) is 0.512. The predicted molar refractivity (Wildman–Crippen MR) is 135 cm³/mol. The molecule has 0 aliphatic carbocycles. The maximum atomic E-state index is 12.5. The van der Waals surface area contributed by atoms with Gasteiger partial charge >= 0.3 is 6.03 Å². The number of carbonyl (C=O) groups excluding carboxylic acids is 1. The zero-order valence-electron chi connectivity index (χ0n) is 19.6. The van der Waals surface area contributed by atoms with Gasteiger partial charge in [-0.15, -0.1) is 0 Å². The minimum atomic E-state index is -0.283. The van der Waals surface area contributed by atoms with E-state index in [9.17, 15) is 4.79 Å². The van der Waals surface area contributed by atoms with Gasteiger partial charge in [-0.05, 0) is 49.0 Å². The Balaban J connectivity index is 1.40. The summed E-state index contributed by atoms with van der Waals surface area (Å²) < 4.78 is 7.98. The number of piperazine rings is 1. The molecule has 1 aliphatic heterocycles. The maximum absolute atomic E-state index is 12.5. The molecule has 0 saturated carbocycles. The average molecular weight is 483 g/mol. The van der Waals surface area contributed by atoms with Crippen LogP contribution in [0.15, 0.2) is 54.7 Å². The number of hydrogen-bond donors (Lipinski definition) is 2. The van der Waals surface area contributed by atoms with Crippen LogP contribution >= 0.6 is 11.6 Å². The second-order valence-electron chi connectivity index (χ2n) is 8.48. The van der Waals surface area contributed by atoms with Crippen molar-refractivity contribution >= 4 is 23.3 Å². The summed E-state index contributed by atoms with van der Waals surface area (Å²) in [6.07, 6.45) is 1.75. The van der Waals surface area contributed by atoms with Crippen LogP contribution < -0.4 is 15.4 Å². The summed E-state index contributed by atoms with van der Waals surface area (Å²) in [6.45, 7) is 6.17. The van der Waals surface area contributed by atoms with E-state index in [-0.39, 0.29) is 6.03 Å². The van der Waals surface area contributed by atoms with Crippen LogP contribution in [0.25, 0.3) is 11.3 Å². The summed E-state index contributed by atoms with van der Waals surface area (Å²) in [5.41, 5.74) is 3.45. The zero-order valence-corrected chi connectivity index (χ0v) is 20.4. The topological polar surface area (TPSA) is 74.7 Å². The number of carbonyl (C=O) groups is 1. The van der Waals surface area contributed by atoms with Gasteiger partial charge in [0.1, 0.15) is 12.4 Å². The SMILES string of the molecule is CN1CCN(CCOc2ccc(NC(=O)NCc3ccc(Cl)cc3)cc2-c2ccnn2C)CC1. The smallest absolute Gasteiger partial charge is 0.319 e. The first-order valence-electron chi connectivity index (χ1n) is 11.4. The molecule has 0 bridgehead atoms. The van der Waals surface area contributed by atoms with Crippen LogP contribution in [0, 0.1) is 0 Å². The lowest BCUT2D eigenvalue weighted by molar-refractivity contribution is 0.134.